The molecule has 3 heteroatoms. The summed E-state index contributed by atoms with van der Waals surface area (Å²) in [5, 5.41) is 6.80. The number of rotatable bonds is 2. The lowest BCUT2D eigenvalue weighted by Gasteiger charge is -2.59. The van der Waals surface area contributed by atoms with E-state index in [1.54, 1.807) is 0 Å². The Morgan fingerprint density at radius 3 is 2.28 bits per heavy atom. The number of fused-ring (bicyclic) bond motifs is 1. The summed E-state index contributed by atoms with van der Waals surface area (Å²) in [6.45, 7) is 4.10. The van der Waals surface area contributed by atoms with Crippen molar-refractivity contribution in [2.24, 2.45) is 0 Å². The van der Waals surface area contributed by atoms with Gasteiger partial charge in [0.2, 0.25) is 0 Å². The van der Waals surface area contributed by atoms with Gasteiger partial charge in [-0.2, -0.15) is 0 Å². The van der Waals surface area contributed by atoms with E-state index in [1.165, 1.54) is 42.9 Å². The predicted octanol–water partition coefficient (Wildman–Crippen LogP) is 5.29. The van der Waals surface area contributed by atoms with Crippen LogP contribution in [-0.4, -0.2) is 22.5 Å². The molecule has 0 aromatic heterocycles. The molecule has 0 unspecified atom stereocenters. The van der Waals surface area contributed by atoms with Crippen molar-refractivity contribution in [3.63, 3.8) is 0 Å². The molecule has 1 amide bonds. The number of anilines is 1. The Labute approximate surface area is 150 Å². The SMILES string of the molecule is CC1(C)C(=O)N(C2CCCCCCC2)N1c1cccc2ccccc12. The summed E-state index contributed by atoms with van der Waals surface area (Å²) in [4.78, 5) is 13.0. The predicted molar refractivity (Wildman–Crippen MR) is 103 cm³/mol. The Hall–Kier alpha value is -2.03. The number of carbonyl (C=O) groups is 1. The van der Waals surface area contributed by atoms with Crippen molar-refractivity contribution >= 4 is 22.4 Å². The van der Waals surface area contributed by atoms with Crippen molar-refractivity contribution in [2.45, 2.75) is 70.4 Å². The summed E-state index contributed by atoms with van der Waals surface area (Å²) in [7, 11) is 0. The lowest BCUT2D eigenvalue weighted by atomic mass is 9.89. The minimum atomic E-state index is -0.466. The highest BCUT2D eigenvalue weighted by Crippen LogP contribution is 2.43. The average Bonchev–Trinajstić information content (AvgIpc) is 2.59. The maximum absolute atomic E-state index is 13.0. The maximum atomic E-state index is 13.0. The van der Waals surface area contributed by atoms with Gasteiger partial charge in [-0.1, -0.05) is 68.5 Å². The number of hydrogen-bond acceptors (Lipinski definition) is 2. The Kier molecular flexibility index (Phi) is 4.18. The fraction of sp³-hybridized carbons (Fsp3) is 0.500. The molecule has 2 aromatic carbocycles. The Morgan fingerprint density at radius 2 is 1.52 bits per heavy atom. The summed E-state index contributed by atoms with van der Waals surface area (Å²) in [6, 6.07) is 15.2. The van der Waals surface area contributed by atoms with Gasteiger partial charge in [0, 0.05) is 5.39 Å². The molecule has 2 aromatic rings. The molecule has 1 heterocycles. The van der Waals surface area contributed by atoms with Crippen molar-refractivity contribution < 1.29 is 4.79 Å². The van der Waals surface area contributed by atoms with E-state index in [0.29, 0.717) is 6.04 Å². The van der Waals surface area contributed by atoms with Crippen molar-refractivity contribution in [1.29, 1.82) is 0 Å². The van der Waals surface area contributed by atoms with Crippen LogP contribution in [0.25, 0.3) is 10.8 Å². The van der Waals surface area contributed by atoms with Gasteiger partial charge in [0.25, 0.3) is 5.91 Å². The van der Waals surface area contributed by atoms with E-state index in [2.05, 4.69) is 66.3 Å². The molecule has 4 rings (SSSR count). The Bertz CT molecular complexity index is 769. The molecule has 0 radical (unpaired) electrons. The molecular formula is C22H28N2O. The summed E-state index contributed by atoms with van der Waals surface area (Å²) in [5.74, 6) is 0.269. The summed E-state index contributed by atoms with van der Waals surface area (Å²) >= 11 is 0. The van der Waals surface area contributed by atoms with Crippen molar-refractivity contribution in [3.05, 3.63) is 42.5 Å². The Morgan fingerprint density at radius 1 is 0.880 bits per heavy atom. The van der Waals surface area contributed by atoms with Gasteiger partial charge in [-0.25, -0.2) is 5.01 Å². The molecule has 1 saturated carbocycles. The van der Waals surface area contributed by atoms with Crippen molar-refractivity contribution in [3.8, 4) is 0 Å². The average molecular weight is 336 g/mol. The van der Waals surface area contributed by atoms with Gasteiger partial charge in [-0.3, -0.25) is 9.80 Å². The summed E-state index contributed by atoms with van der Waals surface area (Å²) in [6.07, 6.45) is 8.67. The molecule has 0 N–H and O–H groups in total. The highest BCUT2D eigenvalue weighted by atomic mass is 16.2. The standard InChI is InChI=1S/C22H28N2O/c1-22(2)21(25)23(18-13-6-4-3-5-7-14-18)24(22)20-16-10-12-17-11-8-9-15-19(17)20/h8-12,15-16,18H,3-7,13-14H2,1-2H3. The van der Waals surface area contributed by atoms with Gasteiger partial charge in [0.15, 0.2) is 0 Å². The number of amides is 1. The second-order valence-electron chi connectivity index (χ2n) is 8.02. The smallest absolute Gasteiger partial charge is 0.268 e. The molecule has 0 bridgehead atoms. The first-order valence-electron chi connectivity index (χ1n) is 9.72. The van der Waals surface area contributed by atoms with Crippen LogP contribution in [-0.2, 0) is 4.79 Å². The van der Waals surface area contributed by atoms with E-state index < -0.39 is 5.54 Å². The normalized spacial score (nSPS) is 21.8. The van der Waals surface area contributed by atoms with Crippen LogP contribution in [0, 0.1) is 0 Å². The molecule has 3 nitrogen and oxygen atoms in total. The van der Waals surface area contributed by atoms with Gasteiger partial charge >= 0.3 is 0 Å². The van der Waals surface area contributed by atoms with E-state index in [0.717, 1.165) is 18.5 Å². The van der Waals surface area contributed by atoms with Crippen molar-refractivity contribution in [1.82, 2.24) is 5.01 Å². The Balaban J connectivity index is 1.73. The first kappa shape index (κ1) is 16.4. The van der Waals surface area contributed by atoms with Crippen LogP contribution in [0.5, 0.6) is 0 Å². The minimum absolute atomic E-state index is 0.269. The fourth-order valence-corrected chi connectivity index (χ4v) is 4.50. The van der Waals surface area contributed by atoms with E-state index in [9.17, 15) is 4.79 Å². The number of hydrazine groups is 1. The highest BCUT2D eigenvalue weighted by molar-refractivity contribution is 6.03. The molecule has 2 aliphatic rings. The van der Waals surface area contributed by atoms with Crippen LogP contribution in [0.3, 0.4) is 0 Å². The molecule has 1 aliphatic carbocycles. The lowest BCUT2D eigenvalue weighted by Crippen LogP contribution is -2.77. The van der Waals surface area contributed by atoms with Gasteiger partial charge in [0.05, 0.1) is 11.7 Å². The van der Waals surface area contributed by atoms with E-state index in [1.807, 2.05) is 0 Å². The van der Waals surface area contributed by atoms with Crippen LogP contribution in [0.2, 0.25) is 0 Å². The number of benzene rings is 2. The largest absolute Gasteiger partial charge is 0.270 e. The number of nitrogens with zero attached hydrogens (tertiary/aromatic N) is 2. The molecule has 0 spiro atoms. The summed E-state index contributed by atoms with van der Waals surface area (Å²) in [5.41, 5.74) is 0.691. The van der Waals surface area contributed by atoms with Crippen LogP contribution in [0.1, 0.15) is 58.8 Å². The maximum Gasteiger partial charge on any atom is 0.268 e. The van der Waals surface area contributed by atoms with Crippen LogP contribution in [0.15, 0.2) is 42.5 Å². The molecule has 1 saturated heterocycles. The van der Waals surface area contributed by atoms with E-state index in [4.69, 9.17) is 0 Å². The zero-order valence-electron chi connectivity index (χ0n) is 15.4. The molecule has 2 fully saturated rings. The van der Waals surface area contributed by atoms with Gasteiger partial charge in [-0.15, -0.1) is 0 Å². The molecule has 1 aliphatic heterocycles. The zero-order chi connectivity index (χ0) is 17.4. The fourth-order valence-electron chi connectivity index (χ4n) is 4.50. The third-order valence-corrected chi connectivity index (χ3v) is 5.89. The topological polar surface area (TPSA) is 23.6 Å². The van der Waals surface area contributed by atoms with E-state index in [-0.39, 0.29) is 5.91 Å². The van der Waals surface area contributed by atoms with Gasteiger partial charge in [0.1, 0.15) is 5.54 Å². The molecule has 0 atom stereocenters. The lowest BCUT2D eigenvalue weighted by molar-refractivity contribution is -0.156. The second-order valence-corrected chi connectivity index (χ2v) is 8.02. The van der Waals surface area contributed by atoms with E-state index >= 15 is 0 Å². The van der Waals surface area contributed by atoms with Gasteiger partial charge < -0.3 is 0 Å². The van der Waals surface area contributed by atoms with Crippen LogP contribution < -0.4 is 5.01 Å². The quantitative estimate of drug-likeness (QED) is 0.743. The second kappa shape index (κ2) is 6.36. The third-order valence-electron chi connectivity index (χ3n) is 5.89. The van der Waals surface area contributed by atoms with Crippen LogP contribution >= 0.6 is 0 Å². The molecule has 25 heavy (non-hydrogen) atoms. The third kappa shape index (κ3) is 2.70. The summed E-state index contributed by atoms with van der Waals surface area (Å²) < 4.78 is 0. The highest BCUT2D eigenvalue weighted by Gasteiger charge is 2.55. The van der Waals surface area contributed by atoms with Crippen molar-refractivity contribution in [2.75, 3.05) is 5.01 Å². The monoisotopic (exact) mass is 336 g/mol. The zero-order valence-corrected chi connectivity index (χ0v) is 15.4. The first-order chi connectivity index (χ1) is 12.1. The van der Waals surface area contributed by atoms with Crippen LogP contribution in [0.4, 0.5) is 5.69 Å². The van der Waals surface area contributed by atoms with Gasteiger partial charge in [-0.05, 0) is 38.1 Å². The molecular weight excluding hydrogens is 308 g/mol. The first-order valence-corrected chi connectivity index (χ1v) is 9.72. The minimum Gasteiger partial charge on any atom is -0.270 e. The number of carbonyl (C=O) groups excluding carboxylic acids is 1. The number of hydrogen-bond donors (Lipinski definition) is 0. The molecule has 132 valence electrons.